The number of carbonyl (C=O) groups excluding carboxylic acids is 1. The molecule has 0 atom stereocenters. The number of rotatable bonds is 7. The molecule has 1 amide bonds. The molecule has 8 heteroatoms. The van der Waals surface area contributed by atoms with Crippen LogP contribution in [0.3, 0.4) is 0 Å². The van der Waals surface area contributed by atoms with Crippen molar-refractivity contribution in [2.45, 2.75) is 13.2 Å². The summed E-state index contributed by atoms with van der Waals surface area (Å²) in [5.41, 5.74) is 2.61. The van der Waals surface area contributed by atoms with E-state index in [9.17, 15) is 14.9 Å². The summed E-state index contributed by atoms with van der Waals surface area (Å²) in [7, 11) is 0. The fraction of sp³-hybridized carbons (Fsp3) is 0.0833. The third-order valence-electron chi connectivity index (χ3n) is 4.80. The maximum atomic E-state index is 13.0. The first-order valence-corrected chi connectivity index (χ1v) is 11.0. The Bertz CT molecular complexity index is 1190. The molecule has 1 saturated heterocycles. The van der Waals surface area contributed by atoms with Crippen LogP contribution in [-0.2, 0) is 17.9 Å². The fourth-order valence-electron chi connectivity index (χ4n) is 3.15. The van der Waals surface area contributed by atoms with Crippen LogP contribution >= 0.6 is 24.0 Å². The Hall–Kier alpha value is -3.49. The smallest absolute Gasteiger partial charge is 0.269 e. The van der Waals surface area contributed by atoms with E-state index in [0.29, 0.717) is 21.5 Å². The summed E-state index contributed by atoms with van der Waals surface area (Å²) in [5.74, 6) is 0.480. The van der Waals surface area contributed by atoms with E-state index in [-0.39, 0.29) is 18.2 Å². The van der Waals surface area contributed by atoms with Gasteiger partial charge in [0.15, 0.2) is 0 Å². The molecule has 1 aliphatic heterocycles. The van der Waals surface area contributed by atoms with Crippen LogP contribution < -0.4 is 4.74 Å². The molecule has 32 heavy (non-hydrogen) atoms. The Balaban J connectivity index is 1.49. The van der Waals surface area contributed by atoms with Crippen LogP contribution in [0, 0.1) is 10.1 Å². The number of carbonyl (C=O) groups is 1. The Kier molecular flexibility index (Phi) is 6.63. The maximum absolute atomic E-state index is 13.0. The van der Waals surface area contributed by atoms with E-state index >= 15 is 0 Å². The molecule has 0 N–H and O–H groups in total. The monoisotopic (exact) mass is 462 g/mol. The van der Waals surface area contributed by atoms with Gasteiger partial charge in [-0.25, -0.2) is 0 Å². The summed E-state index contributed by atoms with van der Waals surface area (Å²) < 4.78 is 6.46. The van der Waals surface area contributed by atoms with Crippen LogP contribution in [0.1, 0.15) is 16.7 Å². The second-order valence-electron chi connectivity index (χ2n) is 7.00. The van der Waals surface area contributed by atoms with Gasteiger partial charge in [0.05, 0.1) is 16.4 Å². The molecule has 0 spiro atoms. The van der Waals surface area contributed by atoms with Crippen molar-refractivity contribution >= 4 is 46.0 Å². The highest BCUT2D eigenvalue weighted by Gasteiger charge is 2.32. The molecule has 3 aromatic carbocycles. The number of hydrogen-bond acceptors (Lipinski definition) is 6. The zero-order valence-corrected chi connectivity index (χ0v) is 18.5. The molecule has 0 aliphatic carbocycles. The van der Waals surface area contributed by atoms with Gasteiger partial charge in [0, 0.05) is 17.7 Å². The molecule has 160 valence electrons. The molecule has 4 rings (SSSR count). The Morgan fingerprint density at radius 2 is 1.66 bits per heavy atom. The molecule has 0 aromatic heterocycles. The maximum Gasteiger partial charge on any atom is 0.269 e. The number of para-hydroxylation sites is 1. The highest BCUT2D eigenvalue weighted by molar-refractivity contribution is 8.26. The first-order valence-electron chi connectivity index (χ1n) is 9.76. The van der Waals surface area contributed by atoms with Gasteiger partial charge >= 0.3 is 0 Å². The van der Waals surface area contributed by atoms with E-state index in [0.717, 1.165) is 16.7 Å². The summed E-state index contributed by atoms with van der Waals surface area (Å²) in [5, 5.41) is 10.8. The molecule has 3 aromatic rings. The lowest BCUT2D eigenvalue weighted by molar-refractivity contribution is -0.384. The highest BCUT2D eigenvalue weighted by atomic mass is 32.2. The molecule has 0 radical (unpaired) electrons. The summed E-state index contributed by atoms with van der Waals surface area (Å²) in [6, 6.07) is 23.3. The Labute approximate surface area is 194 Å². The first kappa shape index (κ1) is 21.7. The van der Waals surface area contributed by atoms with E-state index in [1.807, 2.05) is 54.6 Å². The normalized spacial score (nSPS) is 14.8. The van der Waals surface area contributed by atoms with Gasteiger partial charge in [-0.15, -0.1) is 0 Å². The average molecular weight is 463 g/mol. The van der Waals surface area contributed by atoms with Crippen LogP contribution in [0.15, 0.2) is 83.8 Å². The lowest BCUT2D eigenvalue weighted by Crippen LogP contribution is -2.27. The van der Waals surface area contributed by atoms with E-state index in [1.165, 1.54) is 23.9 Å². The molecule has 0 saturated carbocycles. The zero-order chi connectivity index (χ0) is 22.5. The van der Waals surface area contributed by atoms with Crippen molar-refractivity contribution in [1.29, 1.82) is 0 Å². The second kappa shape index (κ2) is 9.76. The van der Waals surface area contributed by atoms with Crippen LogP contribution in [0.2, 0.25) is 0 Å². The second-order valence-corrected chi connectivity index (χ2v) is 8.68. The number of nitro benzene ring substituents is 1. The SMILES string of the molecule is O=C1/C(=C\c2ccccc2OCc2ccc([N+](=O)[O-])cc2)SC(=S)N1Cc1ccccc1. The molecule has 6 nitrogen and oxygen atoms in total. The number of hydrogen-bond donors (Lipinski definition) is 0. The standard InChI is InChI=1S/C24H18N2O4S2/c27-23-22(32-24(31)25(23)15-17-6-2-1-3-7-17)14-19-8-4-5-9-21(19)30-16-18-10-12-20(13-11-18)26(28)29/h1-14H,15-16H2/b22-14+. The predicted octanol–water partition coefficient (Wildman–Crippen LogP) is 5.58. The number of nitro groups is 1. The third kappa shape index (κ3) is 5.04. The number of ether oxygens (including phenoxy) is 1. The lowest BCUT2D eigenvalue weighted by Gasteiger charge is -2.14. The van der Waals surface area contributed by atoms with Crippen molar-refractivity contribution < 1.29 is 14.5 Å². The topological polar surface area (TPSA) is 72.7 Å². The molecule has 0 unspecified atom stereocenters. The highest BCUT2D eigenvalue weighted by Crippen LogP contribution is 2.35. The molecule has 1 aliphatic rings. The first-order chi connectivity index (χ1) is 15.5. The third-order valence-corrected chi connectivity index (χ3v) is 6.18. The predicted molar refractivity (Wildman–Crippen MR) is 129 cm³/mol. The zero-order valence-electron chi connectivity index (χ0n) is 16.8. The van der Waals surface area contributed by atoms with Crippen molar-refractivity contribution in [3.05, 3.63) is 111 Å². The van der Waals surface area contributed by atoms with Gasteiger partial charge < -0.3 is 4.74 Å². The van der Waals surface area contributed by atoms with Gasteiger partial charge in [-0.1, -0.05) is 72.5 Å². The minimum Gasteiger partial charge on any atom is -0.488 e. The summed E-state index contributed by atoms with van der Waals surface area (Å²) in [6.45, 7) is 0.680. The Morgan fingerprint density at radius 3 is 2.38 bits per heavy atom. The van der Waals surface area contributed by atoms with E-state index < -0.39 is 4.92 Å². The van der Waals surface area contributed by atoms with E-state index in [2.05, 4.69) is 0 Å². The molecular formula is C24H18N2O4S2. The number of thiocarbonyl (C=S) groups is 1. The van der Waals surface area contributed by atoms with Gasteiger partial charge in [-0.05, 0) is 35.4 Å². The van der Waals surface area contributed by atoms with Gasteiger partial charge in [-0.2, -0.15) is 0 Å². The van der Waals surface area contributed by atoms with Gasteiger partial charge in [0.2, 0.25) is 0 Å². The molecule has 1 heterocycles. The number of benzene rings is 3. The lowest BCUT2D eigenvalue weighted by atomic mass is 10.1. The van der Waals surface area contributed by atoms with Gasteiger partial charge in [-0.3, -0.25) is 19.8 Å². The van der Waals surface area contributed by atoms with Crippen molar-refractivity contribution in [2.24, 2.45) is 0 Å². The van der Waals surface area contributed by atoms with Crippen molar-refractivity contribution in [3.63, 3.8) is 0 Å². The number of non-ortho nitro benzene ring substituents is 1. The number of amides is 1. The van der Waals surface area contributed by atoms with Crippen molar-refractivity contribution in [3.8, 4) is 5.75 Å². The van der Waals surface area contributed by atoms with Crippen molar-refractivity contribution in [2.75, 3.05) is 0 Å². The number of nitrogens with zero attached hydrogens (tertiary/aromatic N) is 2. The van der Waals surface area contributed by atoms with Gasteiger partial charge in [0.25, 0.3) is 11.6 Å². The summed E-state index contributed by atoms with van der Waals surface area (Å²) >= 11 is 6.71. The van der Waals surface area contributed by atoms with Crippen molar-refractivity contribution in [1.82, 2.24) is 4.90 Å². The van der Waals surface area contributed by atoms with E-state index in [4.69, 9.17) is 17.0 Å². The van der Waals surface area contributed by atoms with E-state index in [1.54, 1.807) is 23.1 Å². The fourth-order valence-corrected chi connectivity index (χ4v) is 4.40. The summed E-state index contributed by atoms with van der Waals surface area (Å²) in [4.78, 5) is 25.5. The van der Waals surface area contributed by atoms with Crippen LogP contribution in [0.25, 0.3) is 6.08 Å². The number of thioether (sulfide) groups is 1. The van der Waals surface area contributed by atoms with Crippen LogP contribution in [-0.4, -0.2) is 20.1 Å². The quantitative estimate of drug-likeness (QED) is 0.198. The molecular weight excluding hydrogens is 444 g/mol. The summed E-state index contributed by atoms with van der Waals surface area (Å²) in [6.07, 6.45) is 1.79. The van der Waals surface area contributed by atoms with Crippen LogP contribution in [0.4, 0.5) is 5.69 Å². The largest absolute Gasteiger partial charge is 0.488 e. The average Bonchev–Trinajstić information content (AvgIpc) is 3.07. The minimum atomic E-state index is -0.437. The molecule has 1 fully saturated rings. The van der Waals surface area contributed by atoms with Gasteiger partial charge in [0.1, 0.15) is 16.7 Å². The molecule has 0 bridgehead atoms. The minimum absolute atomic E-state index is 0.0340. The van der Waals surface area contributed by atoms with Crippen LogP contribution in [0.5, 0.6) is 5.75 Å². The Morgan fingerprint density at radius 1 is 0.969 bits per heavy atom.